The molecule has 0 fully saturated rings. The molecule has 0 aliphatic carbocycles. The van der Waals surface area contributed by atoms with Gasteiger partial charge in [0, 0.05) is 22.2 Å². The van der Waals surface area contributed by atoms with Gasteiger partial charge in [-0.2, -0.15) is 0 Å². The maximum absolute atomic E-state index is 12.4. The standard InChI is InChI=1S/C31H22N4O2/c36-35(37)31-30(23-14-8-3-9-15-23)28-19-18-27(34-28)29(22-12-6-2-7-13-22)26-17-16-25(33-26)24(20-32-31)21-10-4-1-5-11-21/h1-20,33-34H. The maximum atomic E-state index is 12.4. The molecule has 178 valence electrons. The summed E-state index contributed by atoms with van der Waals surface area (Å²) in [7, 11) is 0. The molecule has 0 radical (unpaired) electrons. The van der Waals surface area contributed by atoms with E-state index in [1.807, 2.05) is 103 Å². The molecule has 2 N–H and O–H groups in total. The van der Waals surface area contributed by atoms with Crippen LogP contribution < -0.4 is 0 Å². The Morgan fingerprint density at radius 3 is 1.51 bits per heavy atom. The molecule has 6 aromatic rings. The van der Waals surface area contributed by atoms with E-state index >= 15 is 0 Å². The highest BCUT2D eigenvalue weighted by atomic mass is 16.6. The van der Waals surface area contributed by atoms with E-state index in [-0.39, 0.29) is 5.82 Å². The van der Waals surface area contributed by atoms with E-state index in [2.05, 4.69) is 27.1 Å². The van der Waals surface area contributed by atoms with E-state index in [0.29, 0.717) is 16.6 Å². The van der Waals surface area contributed by atoms with Gasteiger partial charge in [-0.1, -0.05) is 91.0 Å². The summed E-state index contributed by atoms with van der Waals surface area (Å²) in [5, 5.41) is 12.4. The Bertz CT molecular complexity index is 1790. The van der Waals surface area contributed by atoms with Gasteiger partial charge in [0.15, 0.2) is 0 Å². The van der Waals surface area contributed by atoms with Crippen molar-refractivity contribution in [2.24, 2.45) is 0 Å². The Hall–Kier alpha value is -5.23. The first-order chi connectivity index (χ1) is 18.2. The number of nitro groups is 1. The number of aromatic amines is 2. The lowest BCUT2D eigenvalue weighted by Crippen LogP contribution is -1.95. The molecule has 0 aliphatic heterocycles. The van der Waals surface area contributed by atoms with E-state index in [4.69, 9.17) is 0 Å². The fourth-order valence-corrected chi connectivity index (χ4v) is 4.70. The molecule has 3 heterocycles. The number of H-pyrrole nitrogens is 2. The van der Waals surface area contributed by atoms with Gasteiger partial charge in [-0.05, 0) is 50.9 Å². The SMILES string of the molecule is O=[N+]([O-])c1ncc(-c2ccccc2)c2ccc([nH]2)c(-c2ccccc2)c2ccc([nH]2)c1-c1ccccc1. The van der Waals surface area contributed by atoms with Crippen LogP contribution in [0, 0.1) is 10.1 Å². The fraction of sp³-hybridized carbons (Fsp3) is 0. The van der Waals surface area contributed by atoms with Crippen LogP contribution in [0.4, 0.5) is 5.82 Å². The van der Waals surface area contributed by atoms with Gasteiger partial charge in [-0.3, -0.25) is 0 Å². The normalized spacial score (nSPS) is 10.9. The third kappa shape index (κ3) is 4.21. The minimum absolute atomic E-state index is 0.235. The zero-order valence-electron chi connectivity index (χ0n) is 19.8. The third-order valence-electron chi connectivity index (χ3n) is 6.39. The van der Waals surface area contributed by atoms with E-state index in [1.54, 1.807) is 6.20 Å². The molecule has 6 heteroatoms. The summed E-state index contributed by atoms with van der Waals surface area (Å²) in [4.78, 5) is 23.5. The third-order valence-corrected chi connectivity index (χ3v) is 6.39. The van der Waals surface area contributed by atoms with Crippen molar-refractivity contribution in [2.75, 3.05) is 0 Å². The van der Waals surface area contributed by atoms with Gasteiger partial charge in [-0.25, -0.2) is 0 Å². The minimum Gasteiger partial charge on any atom is -0.358 e. The molecule has 0 aliphatic rings. The first-order valence-electron chi connectivity index (χ1n) is 11.9. The molecule has 3 aromatic carbocycles. The van der Waals surface area contributed by atoms with Gasteiger partial charge in [0.2, 0.25) is 0 Å². The molecule has 6 nitrogen and oxygen atoms in total. The van der Waals surface area contributed by atoms with Crippen molar-refractivity contribution in [3.8, 4) is 33.4 Å². The monoisotopic (exact) mass is 482 g/mol. The van der Waals surface area contributed by atoms with Crippen LogP contribution in [0.5, 0.6) is 0 Å². The zero-order chi connectivity index (χ0) is 25.2. The second-order valence-corrected chi connectivity index (χ2v) is 8.67. The number of hydrogen-bond donors (Lipinski definition) is 2. The summed E-state index contributed by atoms with van der Waals surface area (Å²) < 4.78 is 0. The summed E-state index contributed by atoms with van der Waals surface area (Å²) in [6.07, 6.45) is 1.58. The van der Waals surface area contributed by atoms with Gasteiger partial charge < -0.3 is 20.1 Å². The van der Waals surface area contributed by atoms with Gasteiger partial charge >= 0.3 is 5.82 Å². The molecule has 0 saturated heterocycles. The van der Waals surface area contributed by atoms with Crippen molar-refractivity contribution in [3.63, 3.8) is 0 Å². The molecule has 0 amide bonds. The number of rotatable bonds is 4. The lowest BCUT2D eigenvalue weighted by atomic mass is 10.1. The molecule has 0 unspecified atom stereocenters. The van der Waals surface area contributed by atoms with E-state index in [9.17, 15) is 10.1 Å². The van der Waals surface area contributed by atoms with Crippen LogP contribution in [0.15, 0.2) is 121 Å². The molecule has 37 heavy (non-hydrogen) atoms. The Labute approximate surface area is 212 Å². The minimum atomic E-state index is -0.421. The van der Waals surface area contributed by atoms with Crippen LogP contribution in [-0.4, -0.2) is 19.9 Å². The van der Waals surface area contributed by atoms with Crippen LogP contribution >= 0.6 is 0 Å². The highest BCUT2D eigenvalue weighted by molar-refractivity contribution is 5.97. The summed E-state index contributed by atoms with van der Waals surface area (Å²) in [5.41, 5.74) is 8.00. The highest BCUT2D eigenvalue weighted by Gasteiger charge is 2.19. The van der Waals surface area contributed by atoms with Crippen molar-refractivity contribution in [1.29, 1.82) is 0 Å². The average molecular weight is 483 g/mol. The molecule has 6 rings (SSSR count). The molecule has 4 bridgehead atoms. The van der Waals surface area contributed by atoms with Crippen LogP contribution in [-0.2, 0) is 0 Å². The van der Waals surface area contributed by atoms with E-state index in [0.717, 1.165) is 38.8 Å². The van der Waals surface area contributed by atoms with Crippen molar-refractivity contribution < 1.29 is 4.92 Å². The van der Waals surface area contributed by atoms with Crippen LogP contribution in [0.2, 0.25) is 0 Å². The first-order valence-corrected chi connectivity index (χ1v) is 11.9. The van der Waals surface area contributed by atoms with Crippen molar-refractivity contribution in [3.05, 3.63) is 132 Å². The lowest BCUT2D eigenvalue weighted by molar-refractivity contribution is -0.388. The quantitative estimate of drug-likeness (QED) is 0.197. The Morgan fingerprint density at radius 1 is 0.541 bits per heavy atom. The van der Waals surface area contributed by atoms with Gasteiger partial charge in [0.1, 0.15) is 11.8 Å². The number of fused-ring (bicyclic) bond motifs is 4. The molecule has 0 atom stereocenters. The number of nitrogens with zero attached hydrogens (tertiary/aromatic N) is 2. The molecular weight excluding hydrogens is 460 g/mol. The number of benzene rings is 3. The van der Waals surface area contributed by atoms with Gasteiger partial charge in [-0.15, -0.1) is 0 Å². The second-order valence-electron chi connectivity index (χ2n) is 8.67. The number of hydrogen-bond acceptors (Lipinski definition) is 3. The van der Waals surface area contributed by atoms with Gasteiger partial charge in [0.05, 0.1) is 11.0 Å². The van der Waals surface area contributed by atoms with Crippen LogP contribution in [0.25, 0.3) is 55.4 Å². The lowest BCUT2D eigenvalue weighted by Gasteiger charge is -2.05. The summed E-state index contributed by atoms with van der Waals surface area (Å²) in [6, 6.07) is 37.1. The number of aromatic nitrogens is 3. The highest BCUT2D eigenvalue weighted by Crippen LogP contribution is 2.35. The smallest absolute Gasteiger partial charge is 0.358 e. The fourth-order valence-electron chi connectivity index (χ4n) is 4.70. The van der Waals surface area contributed by atoms with Crippen molar-refractivity contribution >= 4 is 27.9 Å². The van der Waals surface area contributed by atoms with Gasteiger partial charge in [0.25, 0.3) is 0 Å². The Balaban J connectivity index is 1.83. The first kappa shape index (κ1) is 22.2. The Morgan fingerprint density at radius 2 is 0.973 bits per heavy atom. The largest absolute Gasteiger partial charge is 0.373 e. The van der Waals surface area contributed by atoms with Crippen molar-refractivity contribution in [2.45, 2.75) is 0 Å². The summed E-state index contributed by atoms with van der Waals surface area (Å²) in [5.74, 6) is -0.235. The predicted molar refractivity (Wildman–Crippen MR) is 149 cm³/mol. The van der Waals surface area contributed by atoms with E-state index < -0.39 is 4.92 Å². The van der Waals surface area contributed by atoms with E-state index in [1.165, 1.54) is 0 Å². The van der Waals surface area contributed by atoms with Crippen LogP contribution in [0.3, 0.4) is 0 Å². The number of nitrogens with one attached hydrogen (secondary N) is 2. The maximum Gasteiger partial charge on any atom is 0.373 e. The Kier molecular flexibility index (Phi) is 5.67. The predicted octanol–water partition coefficient (Wildman–Crippen LogP) is 8.08. The molecule has 0 saturated carbocycles. The molecule has 0 spiro atoms. The van der Waals surface area contributed by atoms with Crippen molar-refractivity contribution in [1.82, 2.24) is 15.0 Å². The average Bonchev–Trinajstić information content (AvgIpc) is 3.61. The molecule has 3 aromatic heterocycles. The summed E-state index contributed by atoms with van der Waals surface area (Å²) >= 11 is 0. The summed E-state index contributed by atoms with van der Waals surface area (Å²) in [6.45, 7) is 0. The zero-order valence-corrected chi connectivity index (χ0v) is 19.8. The molecular formula is C31H22N4O2. The van der Waals surface area contributed by atoms with Crippen LogP contribution in [0.1, 0.15) is 0 Å². The second kappa shape index (κ2) is 9.43. The topological polar surface area (TPSA) is 87.6 Å².